The van der Waals surface area contributed by atoms with E-state index in [2.05, 4.69) is 5.32 Å². The second-order valence-corrected chi connectivity index (χ2v) is 4.25. The summed E-state index contributed by atoms with van der Waals surface area (Å²) in [6, 6.07) is 3.23. The summed E-state index contributed by atoms with van der Waals surface area (Å²) in [5.41, 5.74) is 6.63. The number of carbonyl (C=O) groups is 1. The Labute approximate surface area is 111 Å². The van der Waals surface area contributed by atoms with Crippen LogP contribution in [0.3, 0.4) is 0 Å². The molecule has 1 heterocycles. The standard InChI is InChI=1S/C13H18N2O4/c1-17-5-3-2-4-15-13(16)9-6-11-12(7-10(9)14)19-8-18-11/h6-7H,2-5,8,14H2,1H3,(H,15,16). The molecule has 0 aromatic heterocycles. The first-order chi connectivity index (χ1) is 9.22. The van der Waals surface area contributed by atoms with Gasteiger partial charge in [0.1, 0.15) is 0 Å². The molecule has 0 unspecified atom stereocenters. The third-order valence-electron chi connectivity index (χ3n) is 2.85. The number of fused-ring (bicyclic) bond motifs is 1. The van der Waals surface area contributed by atoms with Gasteiger partial charge < -0.3 is 25.3 Å². The number of hydrogen-bond donors (Lipinski definition) is 2. The lowest BCUT2D eigenvalue weighted by Gasteiger charge is -2.08. The third-order valence-corrected chi connectivity index (χ3v) is 2.85. The van der Waals surface area contributed by atoms with Gasteiger partial charge in [-0.25, -0.2) is 0 Å². The van der Waals surface area contributed by atoms with Gasteiger partial charge in [-0.2, -0.15) is 0 Å². The molecule has 1 aliphatic rings. The van der Waals surface area contributed by atoms with E-state index in [1.807, 2.05) is 0 Å². The van der Waals surface area contributed by atoms with Crippen molar-refractivity contribution in [2.45, 2.75) is 12.8 Å². The van der Waals surface area contributed by atoms with E-state index in [-0.39, 0.29) is 12.7 Å². The van der Waals surface area contributed by atoms with Gasteiger partial charge in [-0.05, 0) is 18.9 Å². The molecule has 0 aliphatic carbocycles. The zero-order valence-corrected chi connectivity index (χ0v) is 10.9. The van der Waals surface area contributed by atoms with Crippen LogP contribution in [-0.2, 0) is 4.74 Å². The molecule has 2 rings (SSSR count). The summed E-state index contributed by atoms with van der Waals surface area (Å²) < 4.78 is 15.4. The van der Waals surface area contributed by atoms with Crippen molar-refractivity contribution in [2.75, 3.05) is 32.8 Å². The summed E-state index contributed by atoms with van der Waals surface area (Å²) in [6.45, 7) is 1.45. The molecule has 1 aliphatic heterocycles. The quantitative estimate of drug-likeness (QED) is 0.596. The average molecular weight is 266 g/mol. The first kappa shape index (κ1) is 13.5. The van der Waals surface area contributed by atoms with Crippen molar-refractivity contribution in [1.82, 2.24) is 5.32 Å². The van der Waals surface area contributed by atoms with Gasteiger partial charge in [0, 0.05) is 32.0 Å². The first-order valence-corrected chi connectivity index (χ1v) is 6.18. The summed E-state index contributed by atoms with van der Waals surface area (Å²) >= 11 is 0. The highest BCUT2D eigenvalue weighted by molar-refractivity contribution is 6.00. The van der Waals surface area contributed by atoms with E-state index >= 15 is 0 Å². The van der Waals surface area contributed by atoms with Crippen molar-refractivity contribution >= 4 is 11.6 Å². The van der Waals surface area contributed by atoms with Crippen LogP contribution in [0.2, 0.25) is 0 Å². The van der Waals surface area contributed by atoms with E-state index in [4.69, 9.17) is 19.9 Å². The molecule has 3 N–H and O–H groups in total. The Morgan fingerprint density at radius 1 is 1.37 bits per heavy atom. The summed E-state index contributed by atoms with van der Waals surface area (Å²) in [5.74, 6) is 0.932. The fourth-order valence-electron chi connectivity index (χ4n) is 1.82. The number of nitrogens with one attached hydrogen (secondary N) is 1. The first-order valence-electron chi connectivity index (χ1n) is 6.18. The molecule has 104 valence electrons. The minimum atomic E-state index is -0.201. The van der Waals surface area contributed by atoms with Crippen LogP contribution in [0.15, 0.2) is 12.1 Å². The van der Waals surface area contributed by atoms with E-state index in [9.17, 15) is 4.79 Å². The van der Waals surface area contributed by atoms with Crippen LogP contribution in [0, 0.1) is 0 Å². The topological polar surface area (TPSA) is 82.8 Å². The molecule has 0 fully saturated rings. The van der Waals surface area contributed by atoms with Crippen LogP contribution in [0.25, 0.3) is 0 Å². The van der Waals surface area contributed by atoms with Crippen LogP contribution in [0.1, 0.15) is 23.2 Å². The lowest BCUT2D eigenvalue weighted by atomic mass is 10.1. The van der Waals surface area contributed by atoms with Gasteiger partial charge in [0.15, 0.2) is 11.5 Å². The Hall–Kier alpha value is -1.95. The maximum Gasteiger partial charge on any atom is 0.253 e. The number of benzene rings is 1. The zero-order valence-electron chi connectivity index (χ0n) is 10.9. The van der Waals surface area contributed by atoms with E-state index in [0.717, 1.165) is 12.8 Å². The molecule has 6 nitrogen and oxygen atoms in total. The molecule has 0 bridgehead atoms. The van der Waals surface area contributed by atoms with Crippen LogP contribution in [-0.4, -0.2) is 33.0 Å². The SMILES string of the molecule is COCCCCNC(=O)c1cc2c(cc1N)OCO2. The van der Waals surface area contributed by atoms with E-state index in [1.54, 1.807) is 19.2 Å². The summed E-state index contributed by atoms with van der Waals surface area (Å²) in [5, 5.41) is 2.82. The largest absolute Gasteiger partial charge is 0.454 e. The van der Waals surface area contributed by atoms with Crippen LogP contribution in [0.5, 0.6) is 11.5 Å². The molecular formula is C13H18N2O4. The van der Waals surface area contributed by atoms with Crippen molar-refractivity contribution < 1.29 is 19.0 Å². The number of hydrogen-bond acceptors (Lipinski definition) is 5. The minimum Gasteiger partial charge on any atom is -0.454 e. The van der Waals surface area contributed by atoms with Gasteiger partial charge in [0.25, 0.3) is 5.91 Å². The van der Waals surface area contributed by atoms with Crippen LogP contribution >= 0.6 is 0 Å². The Morgan fingerprint density at radius 3 is 2.84 bits per heavy atom. The molecular weight excluding hydrogens is 248 g/mol. The second-order valence-electron chi connectivity index (χ2n) is 4.25. The molecule has 19 heavy (non-hydrogen) atoms. The number of nitrogen functional groups attached to an aromatic ring is 1. The van der Waals surface area contributed by atoms with E-state index in [1.165, 1.54) is 0 Å². The highest BCUT2D eigenvalue weighted by Gasteiger charge is 2.19. The van der Waals surface area contributed by atoms with Crippen LogP contribution < -0.4 is 20.5 Å². The Balaban J connectivity index is 1.92. The van der Waals surface area contributed by atoms with Crippen molar-refractivity contribution in [3.8, 4) is 11.5 Å². The fourth-order valence-corrected chi connectivity index (χ4v) is 1.82. The highest BCUT2D eigenvalue weighted by atomic mass is 16.7. The van der Waals surface area contributed by atoms with Gasteiger partial charge in [0.05, 0.1) is 5.56 Å². The maximum atomic E-state index is 12.0. The Kier molecular flexibility index (Phi) is 4.46. The summed E-state index contributed by atoms with van der Waals surface area (Å²) in [4.78, 5) is 12.0. The van der Waals surface area contributed by atoms with Crippen LogP contribution in [0.4, 0.5) is 5.69 Å². The van der Waals surface area contributed by atoms with Gasteiger partial charge in [0.2, 0.25) is 6.79 Å². The van der Waals surface area contributed by atoms with Crippen molar-refractivity contribution in [1.29, 1.82) is 0 Å². The highest BCUT2D eigenvalue weighted by Crippen LogP contribution is 2.35. The molecule has 0 atom stereocenters. The van der Waals surface area contributed by atoms with Gasteiger partial charge >= 0.3 is 0 Å². The second kappa shape index (κ2) is 6.29. The van der Waals surface area contributed by atoms with Crippen molar-refractivity contribution in [3.63, 3.8) is 0 Å². The minimum absolute atomic E-state index is 0.164. The van der Waals surface area contributed by atoms with Crippen molar-refractivity contribution in [2.24, 2.45) is 0 Å². The number of ether oxygens (including phenoxy) is 3. The number of methoxy groups -OCH3 is 1. The van der Waals surface area contributed by atoms with Crippen molar-refractivity contribution in [3.05, 3.63) is 17.7 Å². The summed E-state index contributed by atoms with van der Waals surface area (Å²) in [6.07, 6.45) is 1.78. The Morgan fingerprint density at radius 2 is 2.11 bits per heavy atom. The molecule has 6 heteroatoms. The summed E-state index contributed by atoms with van der Waals surface area (Å²) in [7, 11) is 1.66. The molecule has 1 aromatic carbocycles. The number of nitrogens with two attached hydrogens (primary N) is 1. The van der Waals surface area contributed by atoms with E-state index in [0.29, 0.717) is 35.9 Å². The molecule has 1 amide bonds. The number of anilines is 1. The number of rotatable bonds is 6. The normalized spacial score (nSPS) is 12.5. The molecule has 0 saturated carbocycles. The third kappa shape index (κ3) is 3.29. The fraction of sp³-hybridized carbons (Fsp3) is 0.462. The number of unbranched alkanes of at least 4 members (excludes halogenated alkanes) is 1. The van der Waals surface area contributed by atoms with E-state index < -0.39 is 0 Å². The van der Waals surface area contributed by atoms with Gasteiger partial charge in [-0.15, -0.1) is 0 Å². The maximum absolute atomic E-state index is 12.0. The smallest absolute Gasteiger partial charge is 0.253 e. The average Bonchev–Trinajstić information content (AvgIpc) is 2.84. The lowest BCUT2D eigenvalue weighted by molar-refractivity contribution is 0.0952. The predicted octanol–water partition coefficient (Wildman–Crippen LogP) is 1.15. The zero-order chi connectivity index (χ0) is 13.7. The molecule has 0 saturated heterocycles. The monoisotopic (exact) mass is 266 g/mol. The lowest BCUT2D eigenvalue weighted by Crippen LogP contribution is -2.25. The number of carbonyl (C=O) groups excluding carboxylic acids is 1. The molecule has 0 spiro atoms. The van der Waals surface area contributed by atoms with Gasteiger partial charge in [-0.1, -0.05) is 0 Å². The predicted molar refractivity (Wildman–Crippen MR) is 70.4 cm³/mol. The number of amides is 1. The van der Waals surface area contributed by atoms with Gasteiger partial charge in [-0.3, -0.25) is 4.79 Å². The molecule has 1 aromatic rings. The Bertz CT molecular complexity index is 462. The molecule has 0 radical (unpaired) electrons.